The van der Waals surface area contributed by atoms with Crippen molar-refractivity contribution in [3.63, 3.8) is 0 Å². The van der Waals surface area contributed by atoms with Crippen molar-refractivity contribution in [3.8, 4) is 6.07 Å². The second kappa shape index (κ2) is 2.88. The van der Waals surface area contributed by atoms with Crippen LogP contribution in [-0.2, 0) is 0 Å². The largest absolute Gasteiger partial charge is 0.397 e. The van der Waals surface area contributed by atoms with E-state index in [1.165, 1.54) is 18.2 Å². The molecular weight excluding hydrogens is 158 g/mol. The lowest BCUT2D eigenvalue weighted by molar-refractivity contribution is -0.385. The summed E-state index contributed by atoms with van der Waals surface area (Å²) < 4.78 is 0. The van der Waals surface area contributed by atoms with Crippen LogP contribution in [0.2, 0.25) is 0 Å². The summed E-state index contributed by atoms with van der Waals surface area (Å²) >= 11 is 0. The second-order valence-corrected chi connectivity index (χ2v) is 2.11. The van der Waals surface area contributed by atoms with E-state index in [0.717, 1.165) is 0 Å². The van der Waals surface area contributed by atoms with Crippen molar-refractivity contribution in [1.29, 1.82) is 5.26 Å². The van der Waals surface area contributed by atoms with Crippen LogP contribution >= 0.6 is 0 Å². The van der Waals surface area contributed by atoms with Crippen LogP contribution in [0, 0.1) is 21.4 Å². The molecule has 0 aromatic heterocycles. The molecule has 0 saturated carbocycles. The van der Waals surface area contributed by atoms with Crippen LogP contribution < -0.4 is 5.73 Å². The Morgan fingerprint density at radius 3 is 2.67 bits per heavy atom. The standard InChI is InChI=1S/C7H5N3O2/c8-4-5-6(9)2-1-3-7(5)10(11)12/h1-3H,9H2. The molecule has 2 N–H and O–H groups in total. The molecule has 0 saturated heterocycles. The molecule has 0 aliphatic rings. The Morgan fingerprint density at radius 2 is 2.25 bits per heavy atom. The van der Waals surface area contributed by atoms with Crippen molar-refractivity contribution in [3.05, 3.63) is 33.9 Å². The summed E-state index contributed by atoms with van der Waals surface area (Å²) in [6.45, 7) is 0. The minimum Gasteiger partial charge on any atom is -0.397 e. The van der Waals surface area contributed by atoms with Gasteiger partial charge in [0.2, 0.25) is 0 Å². The first-order chi connectivity index (χ1) is 5.66. The molecule has 0 heterocycles. The molecule has 0 unspecified atom stereocenters. The van der Waals surface area contributed by atoms with Gasteiger partial charge in [0, 0.05) is 6.07 Å². The number of anilines is 1. The summed E-state index contributed by atoms with van der Waals surface area (Å²) in [5.74, 6) is 0. The molecule has 12 heavy (non-hydrogen) atoms. The van der Waals surface area contributed by atoms with E-state index in [1.54, 1.807) is 6.07 Å². The van der Waals surface area contributed by atoms with Gasteiger partial charge in [-0.15, -0.1) is 0 Å². The van der Waals surface area contributed by atoms with E-state index in [9.17, 15) is 10.1 Å². The topological polar surface area (TPSA) is 93.0 Å². The molecular formula is C7H5N3O2. The van der Waals surface area contributed by atoms with Gasteiger partial charge in [0.1, 0.15) is 6.07 Å². The van der Waals surface area contributed by atoms with Crippen LogP contribution in [0.1, 0.15) is 5.56 Å². The molecule has 0 aliphatic heterocycles. The van der Waals surface area contributed by atoms with Crippen LogP contribution in [0.5, 0.6) is 0 Å². The summed E-state index contributed by atoms with van der Waals surface area (Å²) in [6, 6.07) is 5.81. The first kappa shape index (κ1) is 8.01. The molecule has 5 nitrogen and oxygen atoms in total. The van der Waals surface area contributed by atoms with Gasteiger partial charge >= 0.3 is 0 Å². The number of nitriles is 1. The van der Waals surface area contributed by atoms with Crippen molar-refractivity contribution in [2.45, 2.75) is 0 Å². The average molecular weight is 163 g/mol. The Bertz CT molecular complexity index is 367. The van der Waals surface area contributed by atoms with Crippen LogP contribution in [0.3, 0.4) is 0 Å². The number of nitrogens with two attached hydrogens (primary N) is 1. The van der Waals surface area contributed by atoms with Gasteiger partial charge in [0.25, 0.3) is 5.69 Å². The number of hydrogen-bond acceptors (Lipinski definition) is 4. The molecule has 5 heteroatoms. The average Bonchev–Trinajstić information content (AvgIpc) is 2.03. The van der Waals surface area contributed by atoms with Gasteiger partial charge in [0.15, 0.2) is 5.56 Å². The lowest BCUT2D eigenvalue weighted by Crippen LogP contribution is -1.96. The van der Waals surface area contributed by atoms with E-state index in [-0.39, 0.29) is 16.9 Å². The lowest BCUT2D eigenvalue weighted by Gasteiger charge is -1.96. The maximum absolute atomic E-state index is 10.3. The Morgan fingerprint density at radius 1 is 1.58 bits per heavy atom. The highest BCUT2D eigenvalue weighted by Crippen LogP contribution is 2.22. The normalized spacial score (nSPS) is 8.92. The lowest BCUT2D eigenvalue weighted by atomic mass is 10.1. The maximum Gasteiger partial charge on any atom is 0.289 e. The van der Waals surface area contributed by atoms with E-state index in [2.05, 4.69) is 0 Å². The van der Waals surface area contributed by atoms with E-state index < -0.39 is 4.92 Å². The summed E-state index contributed by atoms with van der Waals surface area (Å²) in [7, 11) is 0. The van der Waals surface area contributed by atoms with Crippen LogP contribution in [0.4, 0.5) is 11.4 Å². The minimum absolute atomic E-state index is 0.0810. The zero-order valence-corrected chi connectivity index (χ0v) is 6.02. The van der Waals surface area contributed by atoms with Gasteiger partial charge in [-0.25, -0.2) is 0 Å². The molecule has 0 radical (unpaired) electrons. The number of hydrogen-bond donors (Lipinski definition) is 1. The highest BCUT2D eigenvalue weighted by Gasteiger charge is 2.14. The van der Waals surface area contributed by atoms with Crippen molar-refractivity contribution in [1.82, 2.24) is 0 Å². The summed E-state index contributed by atoms with van der Waals surface area (Å²) in [5.41, 5.74) is 5.14. The zero-order chi connectivity index (χ0) is 9.14. The zero-order valence-electron chi connectivity index (χ0n) is 6.02. The van der Waals surface area contributed by atoms with Gasteiger partial charge in [-0.05, 0) is 6.07 Å². The van der Waals surface area contributed by atoms with Gasteiger partial charge in [-0.3, -0.25) is 10.1 Å². The highest BCUT2D eigenvalue weighted by molar-refractivity contribution is 5.63. The third-order valence-corrected chi connectivity index (χ3v) is 1.38. The van der Waals surface area contributed by atoms with E-state index in [1.807, 2.05) is 0 Å². The first-order valence-electron chi connectivity index (χ1n) is 3.10. The highest BCUT2D eigenvalue weighted by atomic mass is 16.6. The fraction of sp³-hybridized carbons (Fsp3) is 0. The molecule has 0 amide bonds. The van der Waals surface area contributed by atoms with Crippen molar-refractivity contribution >= 4 is 11.4 Å². The second-order valence-electron chi connectivity index (χ2n) is 2.11. The predicted molar refractivity (Wildman–Crippen MR) is 42.2 cm³/mol. The van der Waals surface area contributed by atoms with Gasteiger partial charge in [-0.1, -0.05) is 6.07 Å². The first-order valence-corrected chi connectivity index (χ1v) is 3.10. The number of nitrogen functional groups attached to an aromatic ring is 1. The van der Waals surface area contributed by atoms with E-state index >= 15 is 0 Å². The summed E-state index contributed by atoms with van der Waals surface area (Å²) in [5, 5.41) is 18.8. The minimum atomic E-state index is -0.630. The molecule has 0 spiro atoms. The Kier molecular flexibility index (Phi) is 1.92. The van der Waals surface area contributed by atoms with Crippen molar-refractivity contribution in [2.75, 3.05) is 5.73 Å². The fourth-order valence-electron chi connectivity index (χ4n) is 0.831. The fourth-order valence-corrected chi connectivity index (χ4v) is 0.831. The van der Waals surface area contributed by atoms with Gasteiger partial charge < -0.3 is 5.73 Å². The van der Waals surface area contributed by atoms with Crippen LogP contribution in [0.15, 0.2) is 18.2 Å². The quantitative estimate of drug-likeness (QED) is 0.380. The number of nitro groups is 1. The third-order valence-electron chi connectivity index (χ3n) is 1.38. The summed E-state index contributed by atoms with van der Waals surface area (Å²) in [4.78, 5) is 9.70. The molecule has 1 rings (SSSR count). The predicted octanol–water partition coefficient (Wildman–Crippen LogP) is 1.05. The van der Waals surface area contributed by atoms with E-state index in [4.69, 9.17) is 11.0 Å². The molecule has 0 bridgehead atoms. The molecule has 60 valence electrons. The molecule has 1 aromatic rings. The molecule has 0 atom stereocenters. The molecule has 1 aromatic carbocycles. The smallest absolute Gasteiger partial charge is 0.289 e. The van der Waals surface area contributed by atoms with Crippen LogP contribution in [-0.4, -0.2) is 4.92 Å². The third kappa shape index (κ3) is 1.18. The number of rotatable bonds is 1. The number of nitrogens with zero attached hydrogens (tertiary/aromatic N) is 2. The Balaban J connectivity index is 3.40. The SMILES string of the molecule is N#Cc1c(N)cccc1[N+](=O)[O-]. The van der Waals surface area contributed by atoms with Crippen LogP contribution in [0.25, 0.3) is 0 Å². The number of benzene rings is 1. The molecule has 0 fully saturated rings. The Hall–Kier alpha value is -2.09. The van der Waals surface area contributed by atoms with Gasteiger partial charge in [0.05, 0.1) is 10.6 Å². The number of nitro benzene ring substituents is 1. The monoisotopic (exact) mass is 163 g/mol. The maximum atomic E-state index is 10.3. The van der Waals surface area contributed by atoms with Crippen molar-refractivity contribution in [2.24, 2.45) is 0 Å². The van der Waals surface area contributed by atoms with Crippen molar-refractivity contribution < 1.29 is 4.92 Å². The molecule has 0 aliphatic carbocycles. The van der Waals surface area contributed by atoms with Gasteiger partial charge in [-0.2, -0.15) is 5.26 Å². The Labute approximate surface area is 68.2 Å². The van der Waals surface area contributed by atoms with E-state index in [0.29, 0.717) is 0 Å². The summed E-state index contributed by atoms with van der Waals surface area (Å²) in [6.07, 6.45) is 0.